The first-order valence-electron chi connectivity index (χ1n) is 7.06. The molecule has 0 bridgehead atoms. The zero-order chi connectivity index (χ0) is 18.3. The summed E-state index contributed by atoms with van der Waals surface area (Å²) in [6, 6.07) is 6.56. The van der Waals surface area contributed by atoms with Crippen LogP contribution in [0.2, 0.25) is 0 Å². The van der Waals surface area contributed by atoms with Crippen molar-refractivity contribution in [2.45, 2.75) is 6.92 Å². The van der Waals surface area contributed by atoms with Crippen LogP contribution in [0.5, 0.6) is 0 Å². The molecule has 0 aliphatic carbocycles. The van der Waals surface area contributed by atoms with Gasteiger partial charge in [0.15, 0.2) is 5.76 Å². The SMILES string of the molecule is Cc1c(C(=O)Nc2cc(C(N)=O)c(F)cc2F)oc2ccc(Br)cc12. The van der Waals surface area contributed by atoms with E-state index in [0.29, 0.717) is 17.2 Å². The largest absolute Gasteiger partial charge is 0.451 e. The van der Waals surface area contributed by atoms with E-state index >= 15 is 0 Å². The lowest BCUT2D eigenvalue weighted by Gasteiger charge is -2.07. The van der Waals surface area contributed by atoms with Crippen molar-refractivity contribution in [3.8, 4) is 0 Å². The first kappa shape index (κ1) is 17.1. The Balaban J connectivity index is 1.99. The molecule has 1 aromatic heterocycles. The third kappa shape index (κ3) is 3.12. The summed E-state index contributed by atoms with van der Waals surface area (Å²) >= 11 is 3.33. The summed E-state index contributed by atoms with van der Waals surface area (Å²) < 4.78 is 33.7. The Morgan fingerprint density at radius 3 is 2.56 bits per heavy atom. The summed E-state index contributed by atoms with van der Waals surface area (Å²) in [5.74, 6) is -3.96. The molecule has 0 aliphatic rings. The number of nitrogens with one attached hydrogen (secondary N) is 1. The predicted molar refractivity (Wildman–Crippen MR) is 91.5 cm³/mol. The Hall–Kier alpha value is -2.74. The number of amides is 2. The number of anilines is 1. The van der Waals surface area contributed by atoms with Gasteiger partial charge in [-0.05, 0) is 31.2 Å². The third-order valence-electron chi connectivity index (χ3n) is 3.67. The third-order valence-corrected chi connectivity index (χ3v) is 4.17. The number of aryl methyl sites for hydroxylation is 1. The van der Waals surface area contributed by atoms with Gasteiger partial charge in [0.2, 0.25) is 0 Å². The summed E-state index contributed by atoms with van der Waals surface area (Å²) in [6.45, 7) is 1.68. The number of nitrogens with two attached hydrogens (primary N) is 1. The van der Waals surface area contributed by atoms with Crippen molar-refractivity contribution in [1.29, 1.82) is 0 Å². The molecule has 5 nitrogen and oxygen atoms in total. The van der Waals surface area contributed by atoms with Crippen LogP contribution in [-0.4, -0.2) is 11.8 Å². The van der Waals surface area contributed by atoms with Crippen molar-refractivity contribution in [3.05, 3.63) is 63.3 Å². The molecular weight excluding hydrogens is 398 g/mol. The summed E-state index contributed by atoms with van der Waals surface area (Å²) in [5, 5.41) is 2.99. The van der Waals surface area contributed by atoms with Crippen molar-refractivity contribution in [2.75, 3.05) is 5.32 Å². The molecule has 3 N–H and O–H groups in total. The maximum atomic E-state index is 13.9. The number of benzene rings is 2. The molecule has 0 atom stereocenters. The Morgan fingerprint density at radius 2 is 1.88 bits per heavy atom. The fourth-order valence-electron chi connectivity index (χ4n) is 2.42. The Kier molecular flexibility index (Phi) is 4.30. The van der Waals surface area contributed by atoms with E-state index in [2.05, 4.69) is 21.2 Å². The van der Waals surface area contributed by atoms with Crippen LogP contribution in [0.4, 0.5) is 14.5 Å². The molecule has 0 aliphatic heterocycles. The highest BCUT2D eigenvalue weighted by Crippen LogP contribution is 2.29. The van der Waals surface area contributed by atoms with Gasteiger partial charge in [-0.15, -0.1) is 0 Å². The molecule has 0 saturated heterocycles. The number of halogens is 3. The smallest absolute Gasteiger partial charge is 0.291 e. The molecule has 8 heteroatoms. The molecular formula is C17H11BrF2N2O3. The van der Waals surface area contributed by atoms with Crippen LogP contribution in [0.1, 0.15) is 26.5 Å². The Morgan fingerprint density at radius 1 is 1.16 bits per heavy atom. The molecule has 2 aromatic carbocycles. The normalized spacial score (nSPS) is 10.9. The predicted octanol–water partition coefficient (Wildman–Crippen LogP) is 4.13. The highest BCUT2D eigenvalue weighted by molar-refractivity contribution is 9.10. The number of rotatable bonds is 3. The first-order valence-corrected chi connectivity index (χ1v) is 7.86. The van der Waals surface area contributed by atoms with E-state index in [1.54, 1.807) is 25.1 Å². The van der Waals surface area contributed by atoms with E-state index in [1.165, 1.54) is 0 Å². The van der Waals surface area contributed by atoms with Gasteiger partial charge < -0.3 is 15.5 Å². The Labute approximate surface area is 148 Å². The van der Waals surface area contributed by atoms with Gasteiger partial charge in [-0.25, -0.2) is 8.78 Å². The van der Waals surface area contributed by atoms with Gasteiger partial charge in [-0.2, -0.15) is 0 Å². The zero-order valence-electron chi connectivity index (χ0n) is 12.8. The van der Waals surface area contributed by atoms with Gasteiger partial charge in [-0.3, -0.25) is 9.59 Å². The number of hydrogen-bond donors (Lipinski definition) is 2. The van der Waals surface area contributed by atoms with Crippen LogP contribution in [0.25, 0.3) is 11.0 Å². The quantitative estimate of drug-likeness (QED) is 0.682. The van der Waals surface area contributed by atoms with Gasteiger partial charge in [0, 0.05) is 21.5 Å². The van der Waals surface area contributed by atoms with Crippen LogP contribution in [0.3, 0.4) is 0 Å². The minimum atomic E-state index is -1.10. The van der Waals surface area contributed by atoms with Crippen LogP contribution in [-0.2, 0) is 0 Å². The van der Waals surface area contributed by atoms with Gasteiger partial charge in [0.05, 0.1) is 11.3 Å². The summed E-state index contributed by atoms with van der Waals surface area (Å²) in [7, 11) is 0. The van der Waals surface area contributed by atoms with Crippen molar-refractivity contribution in [2.24, 2.45) is 5.73 Å². The van der Waals surface area contributed by atoms with E-state index in [-0.39, 0.29) is 11.4 Å². The second kappa shape index (κ2) is 6.29. The molecule has 2 amide bonds. The highest BCUT2D eigenvalue weighted by Gasteiger charge is 2.21. The molecule has 0 unspecified atom stereocenters. The second-order valence-electron chi connectivity index (χ2n) is 5.33. The van der Waals surface area contributed by atoms with Crippen LogP contribution in [0.15, 0.2) is 39.2 Å². The number of carbonyl (C=O) groups excluding carboxylic acids is 2. The van der Waals surface area contributed by atoms with E-state index < -0.39 is 29.0 Å². The lowest BCUT2D eigenvalue weighted by molar-refractivity contribution is 0.0986. The standard InChI is InChI=1S/C17H11BrF2N2O3/c1-7-9-4-8(18)2-3-14(9)25-15(7)17(24)22-13-5-10(16(21)23)11(19)6-12(13)20/h2-6H,1H3,(H2,21,23)(H,22,24). The lowest BCUT2D eigenvalue weighted by atomic mass is 10.1. The number of fused-ring (bicyclic) bond motifs is 1. The molecule has 0 spiro atoms. The summed E-state index contributed by atoms with van der Waals surface area (Å²) in [5.41, 5.74) is 5.18. The van der Waals surface area contributed by atoms with Crippen molar-refractivity contribution in [3.63, 3.8) is 0 Å². The minimum absolute atomic E-state index is 0.0162. The van der Waals surface area contributed by atoms with Crippen LogP contribution in [0, 0.1) is 18.6 Å². The monoisotopic (exact) mass is 408 g/mol. The van der Waals surface area contributed by atoms with Crippen molar-refractivity contribution < 1.29 is 22.8 Å². The number of primary amides is 1. The Bertz CT molecular complexity index is 1030. The van der Waals surface area contributed by atoms with Gasteiger partial charge >= 0.3 is 0 Å². The molecule has 1 heterocycles. The van der Waals surface area contributed by atoms with Gasteiger partial charge in [-0.1, -0.05) is 15.9 Å². The molecule has 0 saturated carbocycles. The van der Waals surface area contributed by atoms with Gasteiger partial charge in [0.1, 0.15) is 17.2 Å². The maximum Gasteiger partial charge on any atom is 0.291 e. The minimum Gasteiger partial charge on any atom is -0.451 e. The summed E-state index contributed by atoms with van der Waals surface area (Å²) in [4.78, 5) is 23.6. The average molecular weight is 409 g/mol. The fourth-order valence-corrected chi connectivity index (χ4v) is 2.78. The molecule has 0 fully saturated rings. The van der Waals surface area contributed by atoms with Crippen LogP contribution < -0.4 is 11.1 Å². The average Bonchev–Trinajstić information content (AvgIpc) is 2.86. The first-order chi connectivity index (χ1) is 11.8. The fraction of sp³-hybridized carbons (Fsp3) is 0.0588. The molecule has 3 rings (SSSR count). The van der Waals surface area contributed by atoms with E-state index in [9.17, 15) is 18.4 Å². The van der Waals surface area contributed by atoms with E-state index in [4.69, 9.17) is 10.2 Å². The maximum absolute atomic E-state index is 13.9. The number of hydrogen-bond acceptors (Lipinski definition) is 3. The highest BCUT2D eigenvalue weighted by atomic mass is 79.9. The number of carbonyl (C=O) groups is 2. The van der Waals surface area contributed by atoms with E-state index in [0.717, 1.165) is 15.9 Å². The van der Waals surface area contributed by atoms with Gasteiger partial charge in [0.25, 0.3) is 11.8 Å². The molecule has 0 radical (unpaired) electrons. The summed E-state index contributed by atoms with van der Waals surface area (Å²) in [6.07, 6.45) is 0. The molecule has 3 aromatic rings. The van der Waals surface area contributed by atoms with Crippen LogP contribution >= 0.6 is 15.9 Å². The second-order valence-corrected chi connectivity index (χ2v) is 6.24. The topological polar surface area (TPSA) is 85.3 Å². The number of furan rings is 1. The zero-order valence-corrected chi connectivity index (χ0v) is 14.4. The lowest BCUT2D eigenvalue weighted by Crippen LogP contribution is -2.17. The molecule has 25 heavy (non-hydrogen) atoms. The van der Waals surface area contributed by atoms with E-state index in [1.807, 2.05) is 0 Å². The van der Waals surface area contributed by atoms with Crippen molar-refractivity contribution in [1.82, 2.24) is 0 Å². The molecule has 128 valence electrons. The van der Waals surface area contributed by atoms with Crippen molar-refractivity contribution >= 4 is 44.4 Å².